The number of carbonyl (C=O) groups is 1. The second kappa shape index (κ2) is 7.92. The lowest BCUT2D eigenvalue weighted by atomic mass is 9.97. The Kier molecular flexibility index (Phi) is 6.21. The van der Waals surface area contributed by atoms with Gasteiger partial charge in [0.15, 0.2) is 0 Å². The molecular weight excluding hydrogens is 284 g/mol. The molecule has 1 aliphatic heterocycles. The molecule has 21 heavy (non-hydrogen) atoms. The van der Waals surface area contributed by atoms with Crippen LogP contribution in [0.15, 0.2) is 16.8 Å². The summed E-state index contributed by atoms with van der Waals surface area (Å²) in [5.74, 6) is 0.193. The molecule has 1 aliphatic rings. The van der Waals surface area contributed by atoms with Crippen LogP contribution in [0.4, 0.5) is 0 Å². The van der Waals surface area contributed by atoms with Gasteiger partial charge in [-0.05, 0) is 55.5 Å². The third-order valence-electron chi connectivity index (χ3n) is 4.24. The number of likely N-dealkylation sites (tertiary alicyclic amines) is 1. The highest BCUT2D eigenvalue weighted by Crippen LogP contribution is 2.23. The van der Waals surface area contributed by atoms with Gasteiger partial charge in [-0.2, -0.15) is 11.3 Å². The van der Waals surface area contributed by atoms with Crippen LogP contribution in [0.5, 0.6) is 0 Å². The Morgan fingerprint density at radius 2 is 2.14 bits per heavy atom. The van der Waals surface area contributed by atoms with E-state index in [1.165, 1.54) is 12.0 Å². The number of rotatable bonds is 6. The molecule has 0 aliphatic carbocycles. The zero-order valence-electron chi connectivity index (χ0n) is 13.0. The van der Waals surface area contributed by atoms with Gasteiger partial charge >= 0.3 is 0 Å². The molecule has 1 saturated heterocycles. The molecule has 1 aromatic rings. The van der Waals surface area contributed by atoms with Gasteiger partial charge in [-0.15, -0.1) is 0 Å². The summed E-state index contributed by atoms with van der Waals surface area (Å²) in [6.45, 7) is 6.03. The van der Waals surface area contributed by atoms with E-state index in [0.717, 1.165) is 19.4 Å². The first-order valence-electron chi connectivity index (χ1n) is 7.77. The minimum absolute atomic E-state index is 0.0858. The van der Waals surface area contributed by atoms with Crippen molar-refractivity contribution in [1.29, 1.82) is 0 Å². The lowest BCUT2D eigenvalue weighted by molar-refractivity contribution is -0.138. The molecule has 2 atom stereocenters. The summed E-state index contributed by atoms with van der Waals surface area (Å²) >= 11 is 1.66. The molecule has 2 heterocycles. The summed E-state index contributed by atoms with van der Waals surface area (Å²) in [5.41, 5.74) is 1.21. The molecule has 0 unspecified atom stereocenters. The molecule has 1 fully saturated rings. The predicted molar refractivity (Wildman–Crippen MR) is 86.3 cm³/mol. The van der Waals surface area contributed by atoms with E-state index >= 15 is 0 Å². The second-order valence-electron chi connectivity index (χ2n) is 6.00. The summed E-state index contributed by atoms with van der Waals surface area (Å²) in [6, 6.07) is 2.74. The Balaban J connectivity index is 1.96. The number of amides is 1. The average Bonchev–Trinajstić information content (AvgIpc) is 2.91. The molecule has 2 rings (SSSR count). The molecule has 5 heteroatoms. The van der Waals surface area contributed by atoms with Crippen molar-refractivity contribution < 1.29 is 9.90 Å². The van der Waals surface area contributed by atoms with Gasteiger partial charge in [0, 0.05) is 25.2 Å². The number of nitrogens with zero attached hydrogens (tertiary/aromatic N) is 2. The van der Waals surface area contributed by atoms with Crippen LogP contribution in [0.3, 0.4) is 0 Å². The maximum Gasteiger partial charge on any atom is 0.237 e. The summed E-state index contributed by atoms with van der Waals surface area (Å²) < 4.78 is 0. The highest BCUT2D eigenvalue weighted by Gasteiger charge is 2.29. The van der Waals surface area contributed by atoms with E-state index in [0.29, 0.717) is 25.2 Å². The summed E-state index contributed by atoms with van der Waals surface area (Å²) in [4.78, 5) is 16.7. The van der Waals surface area contributed by atoms with Crippen LogP contribution in [0.25, 0.3) is 0 Å². The lowest BCUT2D eigenvalue weighted by Gasteiger charge is -2.40. The Morgan fingerprint density at radius 1 is 1.43 bits per heavy atom. The molecule has 1 N–H and O–H groups in total. The molecule has 0 bridgehead atoms. The topological polar surface area (TPSA) is 43.8 Å². The first kappa shape index (κ1) is 16.5. The van der Waals surface area contributed by atoms with Gasteiger partial charge in [0.1, 0.15) is 0 Å². The number of thiophene rings is 1. The smallest absolute Gasteiger partial charge is 0.237 e. The Bertz CT molecular complexity index is 425. The van der Waals surface area contributed by atoms with Crippen molar-refractivity contribution in [3.8, 4) is 0 Å². The number of aliphatic hydroxyl groups is 1. The van der Waals surface area contributed by atoms with E-state index in [-0.39, 0.29) is 12.5 Å². The van der Waals surface area contributed by atoms with Gasteiger partial charge in [0.25, 0.3) is 0 Å². The first-order chi connectivity index (χ1) is 10.1. The zero-order valence-corrected chi connectivity index (χ0v) is 13.8. The quantitative estimate of drug-likeness (QED) is 0.877. The number of hydrogen-bond donors (Lipinski definition) is 1. The van der Waals surface area contributed by atoms with Crippen molar-refractivity contribution in [3.63, 3.8) is 0 Å². The standard InChI is InChI=1S/C16H26N2O2S/c1-13-4-3-5-14(2)18(13)16(20)11-17(7-8-19)10-15-6-9-21-12-15/h6,9,12-14,19H,3-5,7-8,10-11H2,1-2H3/t13-,14+. The highest BCUT2D eigenvalue weighted by molar-refractivity contribution is 7.07. The molecule has 118 valence electrons. The second-order valence-corrected chi connectivity index (χ2v) is 6.78. The van der Waals surface area contributed by atoms with Crippen molar-refractivity contribution in [2.24, 2.45) is 0 Å². The largest absolute Gasteiger partial charge is 0.395 e. The Labute approximate surface area is 131 Å². The lowest BCUT2D eigenvalue weighted by Crippen LogP contribution is -2.51. The van der Waals surface area contributed by atoms with Gasteiger partial charge < -0.3 is 10.0 Å². The summed E-state index contributed by atoms with van der Waals surface area (Å²) in [7, 11) is 0. The van der Waals surface area contributed by atoms with Gasteiger partial charge in [-0.25, -0.2) is 0 Å². The van der Waals surface area contributed by atoms with E-state index in [1.807, 2.05) is 15.2 Å². The van der Waals surface area contributed by atoms with Crippen molar-refractivity contribution >= 4 is 17.2 Å². The summed E-state index contributed by atoms with van der Waals surface area (Å²) in [6.07, 6.45) is 3.41. The fraction of sp³-hybridized carbons (Fsp3) is 0.688. The van der Waals surface area contributed by atoms with Gasteiger partial charge in [-0.1, -0.05) is 0 Å². The minimum atomic E-state index is 0.0858. The third-order valence-corrected chi connectivity index (χ3v) is 4.97. The highest BCUT2D eigenvalue weighted by atomic mass is 32.1. The number of piperidine rings is 1. The average molecular weight is 310 g/mol. The van der Waals surface area contributed by atoms with Gasteiger partial charge in [-0.3, -0.25) is 9.69 Å². The van der Waals surface area contributed by atoms with Crippen molar-refractivity contribution in [2.75, 3.05) is 19.7 Å². The molecule has 0 saturated carbocycles. The van der Waals surface area contributed by atoms with E-state index in [9.17, 15) is 9.90 Å². The Morgan fingerprint density at radius 3 is 2.71 bits per heavy atom. The third kappa shape index (κ3) is 4.53. The van der Waals surface area contributed by atoms with Gasteiger partial charge in [0.2, 0.25) is 5.91 Å². The predicted octanol–water partition coefficient (Wildman–Crippen LogP) is 2.33. The number of aliphatic hydroxyl groups excluding tert-OH is 1. The van der Waals surface area contributed by atoms with Crippen LogP contribution < -0.4 is 0 Å². The van der Waals surface area contributed by atoms with Crippen LogP contribution in [0, 0.1) is 0 Å². The summed E-state index contributed by atoms with van der Waals surface area (Å²) in [5, 5.41) is 13.4. The molecular formula is C16H26N2O2S. The molecule has 0 spiro atoms. The fourth-order valence-corrected chi connectivity index (χ4v) is 3.84. The van der Waals surface area contributed by atoms with E-state index < -0.39 is 0 Å². The number of hydrogen-bond acceptors (Lipinski definition) is 4. The van der Waals surface area contributed by atoms with E-state index in [1.54, 1.807) is 11.3 Å². The van der Waals surface area contributed by atoms with Crippen molar-refractivity contribution in [3.05, 3.63) is 22.4 Å². The van der Waals surface area contributed by atoms with E-state index in [4.69, 9.17) is 0 Å². The van der Waals surface area contributed by atoms with Crippen LogP contribution in [0.2, 0.25) is 0 Å². The van der Waals surface area contributed by atoms with Crippen LogP contribution in [-0.2, 0) is 11.3 Å². The Hall–Kier alpha value is -0.910. The molecule has 4 nitrogen and oxygen atoms in total. The minimum Gasteiger partial charge on any atom is -0.395 e. The number of carbonyl (C=O) groups excluding carboxylic acids is 1. The molecule has 0 radical (unpaired) electrons. The fourth-order valence-electron chi connectivity index (χ4n) is 3.18. The molecule has 1 amide bonds. The van der Waals surface area contributed by atoms with Gasteiger partial charge in [0.05, 0.1) is 13.2 Å². The normalized spacial score (nSPS) is 22.8. The first-order valence-corrected chi connectivity index (χ1v) is 8.71. The molecule has 0 aromatic carbocycles. The maximum absolute atomic E-state index is 12.6. The van der Waals surface area contributed by atoms with E-state index in [2.05, 4.69) is 25.3 Å². The van der Waals surface area contributed by atoms with Crippen molar-refractivity contribution in [1.82, 2.24) is 9.80 Å². The van der Waals surface area contributed by atoms with Crippen LogP contribution in [-0.4, -0.2) is 52.6 Å². The van der Waals surface area contributed by atoms with Crippen molar-refractivity contribution in [2.45, 2.75) is 51.7 Å². The van der Waals surface area contributed by atoms with Crippen LogP contribution in [0.1, 0.15) is 38.7 Å². The molecule has 1 aromatic heterocycles. The zero-order chi connectivity index (χ0) is 15.2. The van der Waals surface area contributed by atoms with Crippen LogP contribution >= 0.6 is 11.3 Å². The monoisotopic (exact) mass is 310 g/mol. The SMILES string of the molecule is C[C@@H]1CCC[C@H](C)N1C(=O)CN(CCO)Cc1ccsc1. The maximum atomic E-state index is 12.6.